The van der Waals surface area contributed by atoms with E-state index in [0.717, 1.165) is 22.2 Å². The molecular formula is C12H10ClN3O. The second kappa shape index (κ2) is 3.53. The molecule has 1 aromatic carbocycles. The number of benzene rings is 1. The lowest BCUT2D eigenvalue weighted by atomic mass is 10.1. The lowest BCUT2D eigenvalue weighted by Gasteiger charge is -1.96. The van der Waals surface area contributed by atoms with Gasteiger partial charge in [-0.1, -0.05) is 22.8 Å². The molecule has 3 rings (SSSR count). The molecule has 0 amide bonds. The molecule has 0 saturated carbocycles. The van der Waals surface area contributed by atoms with Crippen LogP contribution in [-0.4, -0.2) is 9.72 Å². The van der Waals surface area contributed by atoms with Gasteiger partial charge in [0.1, 0.15) is 5.69 Å². The van der Waals surface area contributed by atoms with Crippen molar-refractivity contribution < 1.29 is 4.52 Å². The van der Waals surface area contributed by atoms with Gasteiger partial charge in [-0.25, -0.2) is 0 Å². The average Bonchev–Trinajstić information content (AvgIpc) is 2.84. The second-order valence-corrected chi connectivity index (χ2v) is 4.37. The van der Waals surface area contributed by atoms with Crippen LogP contribution in [0.4, 0.5) is 5.88 Å². The lowest BCUT2D eigenvalue weighted by molar-refractivity contribution is 0.439. The maximum Gasteiger partial charge on any atom is 0.222 e. The van der Waals surface area contributed by atoms with E-state index in [1.165, 1.54) is 0 Å². The number of hydrogen-bond donors (Lipinski definition) is 1. The van der Waals surface area contributed by atoms with Crippen LogP contribution in [-0.2, 0) is 7.05 Å². The van der Waals surface area contributed by atoms with Crippen LogP contribution in [0, 0.1) is 0 Å². The summed E-state index contributed by atoms with van der Waals surface area (Å²) in [6, 6.07) is 7.46. The predicted molar refractivity (Wildman–Crippen MR) is 67.8 cm³/mol. The first-order chi connectivity index (χ1) is 8.15. The first-order valence-corrected chi connectivity index (χ1v) is 5.50. The number of nitrogens with zero attached hydrogens (tertiary/aromatic N) is 2. The third-order valence-electron chi connectivity index (χ3n) is 2.76. The Morgan fingerprint density at radius 1 is 1.35 bits per heavy atom. The lowest BCUT2D eigenvalue weighted by Crippen LogP contribution is -1.82. The molecule has 86 valence electrons. The fourth-order valence-electron chi connectivity index (χ4n) is 1.98. The molecule has 0 aliphatic carbocycles. The Morgan fingerprint density at radius 2 is 2.18 bits per heavy atom. The molecule has 3 aromatic rings. The first kappa shape index (κ1) is 10.2. The zero-order valence-corrected chi connectivity index (χ0v) is 9.90. The number of fused-ring (bicyclic) bond motifs is 1. The van der Waals surface area contributed by atoms with Crippen molar-refractivity contribution in [2.45, 2.75) is 0 Å². The van der Waals surface area contributed by atoms with Gasteiger partial charge in [0, 0.05) is 40.8 Å². The summed E-state index contributed by atoms with van der Waals surface area (Å²) in [5.41, 5.74) is 8.30. The highest BCUT2D eigenvalue weighted by atomic mass is 35.5. The molecular weight excluding hydrogens is 238 g/mol. The van der Waals surface area contributed by atoms with E-state index in [4.69, 9.17) is 21.9 Å². The summed E-state index contributed by atoms with van der Waals surface area (Å²) in [5.74, 6) is 0.311. The molecule has 4 nitrogen and oxygen atoms in total. The number of nitrogens with two attached hydrogens (primary N) is 1. The molecule has 0 unspecified atom stereocenters. The smallest absolute Gasteiger partial charge is 0.222 e. The summed E-state index contributed by atoms with van der Waals surface area (Å²) in [4.78, 5) is 0. The number of aryl methyl sites for hydroxylation is 1. The predicted octanol–water partition coefficient (Wildman–Crippen LogP) is 3.07. The van der Waals surface area contributed by atoms with Crippen molar-refractivity contribution in [1.82, 2.24) is 9.72 Å². The highest BCUT2D eigenvalue weighted by molar-refractivity contribution is 6.31. The maximum absolute atomic E-state index is 5.98. The van der Waals surface area contributed by atoms with Crippen LogP contribution in [0.2, 0.25) is 5.02 Å². The highest BCUT2D eigenvalue weighted by Crippen LogP contribution is 2.31. The van der Waals surface area contributed by atoms with E-state index in [9.17, 15) is 0 Å². The van der Waals surface area contributed by atoms with Crippen molar-refractivity contribution in [3.05, 3.63) is 35.5 Å². The van der Waals surface area contributed by atoms with Crippen LogP contribution in [0.1, 0.15) is 0 Å². The molecule has 5 heteroatoms. The Balaban J connectivity index is 2.31. The number of anilines is 1. The standard InChI is InChI=1S/C12H10ClN3O/c1-16-6-9(10-5-12(14)17-15-10)8-3-2-7(13)4-11(8)16/h2-6H,14H2,1H3. The van der Waals surface area contributed by atoms with Crippen LogP contribution >= 0.6 is 11.6 Å². The summed E-state index contributed by atoms with van der Waals surface area (Å²) >= 11 is 5.98. The summed E-state index contributed by atoms with van der Waals surface area (Å²) in [6.07, 6.45) is 1.98. The summed E-state index contributed by atoms with van der Waals surface area (Å²) in [6.45, 7) is 0. The molecule has 0 saturated heterocycles. The van der Waals surface area contributed by atoms with E-state index in [2.05, 4.69) is 5.16 Å². The third kappa shape index (κ3) is 1.57. The average molecular weight is 248 g/mol. The minimum atomic E-state index is 0.311. The van der Waals surface area contributed by atoms with Crippen LogP contribution in [0.5, 0.6) is 0 Å². The molecule has 0 spiro atoms. The monoisotopic (exact) mass is 247 g/mol. The maximum atomic E-state index is 5.98. The van der Waals surface area contributed by atoms with Gasteiger partial charge in [0.25, 0.3) is 0 Å². The largest absolute Gasteiger partial charge is 0.368 e. The molecule has 0 atom stereocenters. The number of halogens is 1. The van der Waals surface area contributed by atoms with Crippen molar-refractivity contribution in [2.75, 3.05) is 5.73 Å². The van der Waals surface area contributed by atoms with E-state index >= 15 is 0 Å². The molecule has 2 N–H and O–H groups in total. The van der Waals surface area contributed by atoms with Gasteiger partial charge in [-0.05, 0) is 12.1 Å². The molecule has 17 heavy (non-hydrogen) atoms. The van der Waals surface area contributed by atoms with E-state index in [0.29, 0.717) is 10.9 Å². The minimum absolute atomic E-state index is 0.311. The van der Waals surface area contributed by atoms with Gasteiger partial charge in [0.15, 0.2) is 0 Å². The van der Waals surface area contributed by atoms with Crippen molar-refractivity contribution >= 4 is 28.4 Å². The summed E-state index contributed by atoms with van der Waals surface area (Å²) < 4.78 is 6.89. The Labute approximate surface area is 103 Å². The SMILES string of the molecule is Cn1cc(-c2cc(N)on2)c2ccc(Cl)cc21. The van der Waals surface area contributed by atoms with E-state index < -0.39 is 0 Å². The topological polar surface area (TPSA) is 57.0 Å². The van der Waals surface area contributed by atoms with Gasteiger partial charge in [0.05, 0.1) is 0 Å². The molecule has 2 aromatic heterocycles. The van der Waals surface area contributed by atoms with Gasteiger partial charge < -0.3 is 14.8 Å². The van der Waals surface area contributed by atoms with Gasteiger partial charge in [0.2, 0.25) is 5.88 Å². The Morgan fingerprint density at radius 3 is 2.88 bits per heavy atom. The number of rotatable bonds is 1. The normalized spacial score (nSPS) is 11.2. The molecule has 0 fully saturated rings. The van der Waals surface area contributed by atoms with Gasteiger partial charge >= 0.3 is 0 Å². The Hall–Kier alpha value is -1.94. The Kier molecular flexibility index (Phi) is 2.12. The number of aromatic nitrogens is 2. The van der Waals surface area contributed by atoms with Crippen LogP contribution < -0.4 is 5.73 Å². The minimum Gasteiger partial charge on any atom is -0.368 e. The fraction of sp³-hybridized carbons (Fsp3) is 0.0833. The van der Waals surface area contributed by atoms with Gasteiger partial charge in [-0.3, -0.25) is 0 Å². The molecule has 0 aliphatic rings. The van der Waals surface area contributed by atoms with Crippen molar-refractivity contribution in [3.8, 4) is 11.3 Å². The molecule has 0 radical (unpaired) electrons. The van der Waals surface area contributed by atoms with Gasteiger partial charge in [-0.15, -0.1) is 0 Å². The highest BCUT2D eigenvalue weighted by Gasteiger charge is 2.12. The number of hydrogen-bond acceptors (Lipinski definition) is 3. The molecule has 0 bridgehead atoms. The summed E-state index contributed by atoms with van der Waals surface area (Å²) in [5, 5.41) is 5.71. The summed E-state index contributed by atoms with van der Waals surface area (Å²) in [7, 11) is 1.96. The quantitative estimate of drug-likeness (QED) is 0.719. The van der Waals surface area contributed by atoms with Crippen LogP contribution in [0.3, 0.4) is 0 Å². The van der Waals surface area contributed by atoms with Gasteiger partial charge in [-0.2, -0.15) is 0 Å². The molecule has 0 aliphatic heterocycles. The van der Waals surface area contributed by atoms with E-state index in [1.807, 2.05) is 36.0 Å². The van der Waals surface area contributed by atoms with E-state index in [-0.39, 0.29) is 0 Å². The number of nitrogen functional groups attached to an aromatic ring is 1. The first-order valence-electron chi connectivity index (χ1n) is 5.12. The van der Waals surface area contributed by atoms with Crippen LogP contribution in [0.25, 0.3) is 22.2 Å². The zero-order chi connectivity index (χ0) is 12.0. The van der Waals surface area contributed by atoms with Crippen molar-refractivity contribution in [2.24, 2.45) is 7.05 Å². The third-order valence-corrected chi connectivity index (χ3v) is 2.99. The second-order valence-electron chi connectivity index (χ2n) is 3.93. The zero-order valence-electron chi connectivity index (χ0n) is 9.14. The fourth-order valence-corrected chi connectivity index (χ4v) is 2.14. The van der Waals surface area contributed by atoms with Crippen molar-refractivity contribution in [3.63, 3.8) is 0 Å². The van der Waals surface area contributed by atoms with E-state index in [1.54, 1.807) is 6.07 Å². The Bertz CT molecular complexity index is 699. The van der Waals surface area contributed by atoms with Crippen LogP contribution in [0.15, 0.2) is 35.0 Å². The van der Waals surface area contributed by atoms with Crippen molar-refractivity contribution in [1.29, 1.82) is 0 Å². The molecule has 2 heterocycles.